The van der Waals surface area contributed by atoms with Gasteiger partial charge in [0.1, 0.15) is 6.10 Å². The van der Waals surface area contributed by atoms with Gasteiger partial charge in [-0.15, -0.1) is 0 Å². The molecule has 0 spiro atoms. The molecule has 0 saturated carbocycles. The van der Waals surface area contributed by atoms with Crippen molar-refractivity contribution in [3.8, 4) is 0 Å². The molecule has 0 aliphatic carbocycles. The lowest BCUT2D eigenvalue weighted by molar-refractivity contribution is -0.157. The Bertz CT molecular complexity index is 547. The van der Waals surface area contributed by atoms with Crippen molar-refractivity contribution in [3.63, 3.8) is 0 Å². The Balaban J connectivity index is 1.80. The highest BCUT2D eigenvalue weighted by atomic mass is 16.8. The number of carbonyl (C=O) groups is 1. The first-order valence-corrected chi connectivity index (χ1v) is 8.82. The summed E-state index contributed by atoms with van der Waals surface area (Å²) >= 11 is 0. The molecule has 140 valence electrons. The molecule has 1 aliphatic rings. The summed E-state index contributed by atoms with van der Waals surface area (Å²) in [5, 5.41) is 0. The van der Waals surface area contributed by atoms with Gasteiger partial charge in [0.15, 0.2) is 5.79 Å². The summed E-state index contributed by atoms with van der Waals surface area (Å²) in [4.78, 5) is 11.9. The van der Waals surface area contributed by atoms with E-state index in [0.717, 1.165) is 5.56 Å². The van der Waals surface area contributed by atoms with E-state index in [2.05, 4.69) is 0 Å². The van der Waals surface area contributed by atoms with Gasteiger partial charge in [-0.1, -0.05) is 30.3 Å². The van der Waals surface area contributed by atoms with Crippen molar-refractivity contribution in [2.24, 2.45) is 5.41 Å². The van der Waals surface area contributed by atoms with E-state index in [0.29, 0.717) is 26.2 Å². The third-order valence-corrected chi connectivity index (χ3v) is 3.93. The Hall–Kier alpha value is -1.43. The van der Waals surface area contributed by atoms with E-state index in [-0.39, 0.29) is 18.2 Å². The van der Waals surface area contributed by atoms with E-state index < -0.39 is 11.2 Å². The van der Waals surface area contributed by atoms with Crippen LogP contribution in [0.5, 0.6) is 0 Å². The van der Waals surface area contributed by atoms with Crippen LogP contribution in [0.3, 0.4) is 0 Å². The van der Waals surface area contributed by atoms with Gasteiger partial charge in [0.25, 0.3) is 0 Å². The molecule has 0 aromatic heterocycles. The Morgan fingerprint density at radius 2 is 1.76 bits per heavy atom. The number of carbonyl (C=O) groups excluding carboxylic acids is 1. The minimum absolute atomic E-state index is 0.154. The van der Waals surface area contributed by atoms with E-state index in [9.17, 15) is 4.79 Å². The van der Waals surface area contributed by atoms with Crippen LogP contribution in [0.15, 0.2) is 30.3 Å². The van der Waals surface area contributed by atoms with Crippen LogP contribution < -0.4 is 0 Å². The van der Waals surface area contributed by atoms with Crippen LogP contribution >= 0.6 is 0 Å². The minimum atomic E-state index is -0.653. The Kier molecular flexibility index (Phi) is 6.60. The highest BCUT2D eigenvalue weighted by Crippen LogP contribution is 2.30. The average Bonchev–Trinajstić information content (AvgIpc) is 2.81. The molecule has 1 aromatic carbocycles. The Labute approximate surface area is 150 Å². The first-order valence-electron chi connectivity index (χ1n) is 8.82. The summed E-state index contributed by atoms with van der Waals surface area (Å²) in [5.41, 5.74) is 0.626. The van der Waals surface area contributed by atoms with Crippen molar-refractivity contribution in [2.45, 2.75) is 65.6 Å². The molecule has 5 heteroatoms. The summed E-state index contributed by atoms with van der Waals surface area (Å²) < 4.78 is 23.0. The molecule has 1 unspecified atom stereocenters. The van der Waals surface area contributed by atoms with Gasteiger partial charge in [0.05, 0.1) is 31.3 Å². The minimum Gasteiger partial charge on any atom is -0.465 e. The highest BCUT2D eigenvalue weighted by Gasteiger charge is 2.41. The summed E-state index contributed by atoms with van der Waals surface area (Å²) in [6.07, 6.45) is 0.260. The van der Waals surface area contributed by atoms with Crippen molar-refractivity contribution >= 4 is 5.97 Å². The van der Waals surface area contributed by atoms with Crippen LogP contribution in [0.1, 0.15) is 46.6 Å². The van der Waals surface area contributed by atoms with Crippen molar-refractivity contribution < 1.29 is 23.7 Å². The van der Waals surface area contributed by atoms with Crippen LogP contribution in [-0.4, -0.2) is 37.2 Å². The molecule has 25 heavy (non-hydrogen) atoms. The van der Waals surface area contributed by atoms with Crippen LogP contribution in [0, 0.1) is 5.41 Å². The SMILES string of the molecule is CC1(C)OC(COCc2ccccc2)[C@H](CCOC(=O)C(C)(C)C)O1. The van der Waals surface area contributed by atoms with Gasteiger partial charge >= 0.3 is 5.97 Å². The standard InChI is InChI=1S/C20H30O5/c1-19(2,3)18(21)23-12-11-16-17(25-20(4,5)24-16)14-22-13-15-9-7-6-8-10-15/h6-10,16-17H,11-14H2,1-5H3/t16-,17?/m0/s1. The summed E-state index contributed by atoms with van der Waals surface area (Å²) in [7, 11) is 0. The second-order valence-electron chi connectivity index (χ2n) is 7.89. The smallest absolute Gasteiger partial charge is 0.311 e. The molecule has 0 N–H and O–H groups in total. The fourth-order valence-corrected chi connectivity index (χ4v) is 2.65. The molecule has 5 nitrogen and oxygen atoms in total. The molecule has 1 heterocycles. The van der Waals surface area contributed by atoms with Crippen molar-refractivity contribution in [3.05, 3.63) is 35.9 Å². The van der Waals surface area contributed by atoms with Crippen LogP contribution in [0.4, 0.5) is 0 Å². The van der Waals surface area contributed by atoms with Crippen molar-refractivity contribution in [1.82, 2.24) is 0 Å². The number of hydrogen-bond acceptors (Lipinski definition) is 5. The zero-order valence-electron chi connectivity index (χ0n) is 15.9. The molecule has 0 bridgehead atoms. The van der Waals surface area contributed by atoms with Gasteiger partial charge in [0.2, 0.25) is 0 Å². The molecule has 0 amide bonds. The van der Waals surface area contributed by atoms with Crippen LogP contribution in [-0.2, 0) is 30.3 Å². The fourth-order valence-electron chi connectivity index (χ4n) is 2.65. The molecule has 1 aliphatic heterocycles. The maximum absolute atomic E-state index is 11.9. The van der Waals surface area contributed by atoms with E-state index in [1.165, 1.54) is 0 Å². The number of esters is 1. The maximum Gasteiger partial charge on any atom is 0.311 e. The number of rotatable bonds is 7. The third-order valence-electron chi connectivity index (χ3n) is 3.93. The Morgan fingerprint density at radius 1 is 1.12 bits per heavy atom. The molecule has 2 atom stereocenters. The first-order chi connectivity index (χ1) is 11.7. The second-order valence-corrected chi connectivity index (χ2v) is 7.89. The van der Waals surface area contributed by atoms with Gasteiger partial charge in [-0.2, -0.15) is 0 Å². The quantitative estimate of drug-likeness (QED) is 0.702. The predicted octanol–water partition coefficient (Wildman–Crippen LogP) is 3.70. The van der Waals surface area contributed by atoms with Crippen LogP contribution in [0.25, 0.3) is 0 Å². The molecule has 1 saturated heterocycles. The summed E-state index contributed by atoms with van der Waals surface area (Å²) in [6, 6.07) is 10.0. The van der Waals surface area contributed by atoms with Crippen LogP contribution in [0.2, 0.25) is 0 Å². The fraction of sp³-hybridized carbons (Fsp3) is 0.650. The molecule has 0 radical (unpaired) electrons. The number of ether oxygens (including phenoxy) is 4. The monoisotopic (exact) mass is 350 g/mol. The average molecular weight is 350 g/mol. The van der Waals surface area contributed by atoms with Gasteiger partial charge < -0.3 is 18.9 Å². The van der Waals surface area contributed by atoms with Crippen molar-refractivity contribution in [1.29, 1.82) is 0 Å². The maximum atomic E-state index is 11.9. The largest absolute Gasteiger partial charge is 0.465 e. The number of hydrogen-bond donors (Lipinski definition) is 0. The molecule has 1 aromatic rings. The molecular weight excluding hydrogens is 320 g/mol. The van der Waals surface area contributed by atoms with Gasteiger partial charge in [-0.25, -0.2) is 0 Å². The van der Waals surface area contributed by atoms with E-state index >= 15 is 0 Å². The second kappa shape index (κ2) is 8.30. The van der Waals surface area contributed by atoms with E-state index in [4.69, 9.17) is 18.9 Å². The highest BCUT2D eigenvalue weighted by molar-refractivity contribution is 5.75. The third kappa shape index (κ3) is 6.42. The van der Waals surface area contributed by atoms with Crippen molar-refractivity contribution in [2.75, 3.05) is 13.2 Å². The predicted molar refractivity (Wildman–Crippen MR) is 95.0 cm³/mol. The Morgan fingerprint density at radius 3 is 2.40 bits per heavy atom. The van der Waals surface area contributed by atoms with E-state index in [1.54, 1.807) is 0 Å². The normalized spacial score (nSPS) is 22.8. The topological polar surface area (TPSA) is 54.0 Å². The summed E-state index contributed by atoms with van der Waals surface area (Å²) in [5.74, 6) is -0.859. The molecule has 2 rings (SSSR count). The lowest BCUT2D eigenvalue weighted by Crippen LogP contribution is -2.30. The number of benzene rings is 1. The lowest BCUT2D eigenvalue weighted by atomic mass is 9.97. The van der Waals surface area contributed by atoms with Gasteiger partial charge in [-0.05, 0) is 40.2 Å². The zero-order valence-corrected chi connectivity index (χ0v) is 15.9. The lowest BCUT2D eigenvalue weighted by Gasteiger charge is -2.19. The first kappa shape index (κ1) is 19.9. The van der Waals surface area contributed by atoms with E-state index in [1.807, 2.05) is 65.0 Å². The zero-order chi connectivity index (χ0) is 18.5. The molecular formula is C20H30O5. The molecule has 1 fully saturated rings. The van der Waals surface area contributed by atoms with Gasteiger partial charge in [-0.3, -0.25) is 4.79 Å². The summed E-state index contributed by atoms with van der Waals surface area (Å²) in [6.45, 7) is 10.6. The van der Waals surface area contributed by atoms with Gasteiger partial charge in [0, 0.05) is 6.42 Å².